The first-order chi connectivity index (χ1) is 15.9. The van der Waals surface area contributed by atoms with E-state index >= 15 is 0 Å². The molecule has 0 spiro atoms. The SMILES string of the molecule is CC(=O)Oc1c(O)cccc1C(=O)O.O=C(O)c1ccccc1Nc1cccc(C(F)(F)F)c1.[AlH3]. The molecule has 3 aromatic rings. The van der Waals surface area contributed by atoms with Gasteiger partial charge >= 0.3 is 24.1 Å². The number of para-hydroxylation sites is 2. The van der Waals surface area contributed by atoms with Gasteiger partial charge in [-0.3, -0.25) is 4.79 Å². The average molecular weight is 507 g/mol. The van der Waals surface area contributed by atoms with Crippen LogP contribution in [0.2, 0.25) is 0 Å². The molecule has 0 saturated heterocycles. The maximum absolute atomic E-state index is 12.6. The van der Waals surface area contributed by atoms with Gasteiger partial charge in [-0.1, -0.05) is 24.3 Å². The smallest absolute Gasteiger partial charge is 0.416 e. The van der Waals surface area contributed by atoms with Crippen LogP contribution in [0.25, 0.3) is 0 Å². The molecule has 0 fully saturated rings. The second-order valence-electron chi connectivity index (χ2n) is 6.61. The molecular weight excluding hydrogens is 486 g/mol. The number of carbonyl (C=O) groups excluding carboxylic acids is 1. The highest BCUT2D eigenvalue weighted by Crippen LogP contribution is 2.32. The lowest BCUT2D eigenvalue weighted by Crippen LogP contribution is -2.07. The van der Waals surface area contributed by atoms with E-state index in [0.717, 1.165) is 19.1 Å². The van der Waals surface area contributed by atoms with E-state index in [1.54, 1.807) is 12.1 Å². The van der Waals surface area contributed by atoms with Gasteiger partial charge in [0.1, 0.15) is 5.56 Å². The van der Waals surface area contributed by atoms with Crippen molar-refractivity contribution in [1.82, 2.24) is 0 Å². The average Bonchev–Trinajstić information content (AvgIpc) is 2.75. The molecule has 184 valence electrons. The molecule has 0 atom stereocenters. The molecule has 0 saturated carbocycles. The zero-order valence-electron chi connectivity index (χ0n) is 17.5. The summed E-state index contributed by atoms with van der Waals surface area (Å²) in [6, 6.07) is 14.4. The number of aromatic hydroxyl groups is 1. The van der Waals surface area contributed by atoms with E-state index in [-0.39, 0.29) is 51.4 Å². The Morgan fingerprint density at radius 3 is 2.00 bits per heavy atom. The van der Waals surface area contributed by atoms with Crippen molar-refractivity contribution in [2.45, 2.75) is 13.1 Å². The van der Waals surface area contributed by atoms with Gasteiger partial charge in [0.2, 0.25) is 0 Å². The minimum Gasteiger partial charge on any atom is -0.504 e. The molecule has 0 aliphatic carbocycles. The number of halogens is 3. The van der Waals surface area contributed by atoms with Crippen LogP contribution < -0.4 is 10.1 Å². The predicted octanol–water partition coefficient (Wildman–Crippen LogP) is 3.98. The number of carbonyl (C=O) groups is 3. The van der Waals surface area contributed by atoms with Crippen LogP contribution in [0.1, 0.15) is 33.2 Å². The van der Waals surface area contributed by atoms with Crippen LogP contribution in [0.3, 0.4) is 0 Å². The summed E-state index contributed by atoms with van der Waals surface area (Å²) in [6.07, 6.45) is -4.44. The number of phenolic OH excluding ortho intramolecular Hbond substituents is 1. The van der Waals surface area contributed by atoms with Gasteiger partial charge in [-0.15, -0.1) is 0 Å². The quantitative estimate of drug-likeness (QED) is 0.232. The Labute approximate surface area is 207 Å². The van der Waals surface area contributed by atoms with Crippen molar-refractivity contribution in [3.8, 4) is 11.5 Å². The predicted molar refractivity (Wildman–Crippen MR) is 124 cm³/mol. The molecule has 0 aromatic heterocycles. The van der Waals surface area contributed by atoms with Crippen molar-refractivity contribution in [2.75, 3.05) is 5.32 Å². The van der Waals surface area contributed by atoms with E-state index < -0.39 is 29.6 Å². The highest BCUT2D eigenvalue weighted by Gasteiger charge is 2.30. The number of hydrogen-bond donors (Lipinski definition) is 4. The molecule has 35 heavy (non-hydrogen) atoms. The van der Waals surface area contributed by atoms with Gasteiger partial charge in [0, 0.05) is 12.6 Å². The summed E-state index contributed by atoms with van der Waals surface area (Å²) in [5.41, 5.74) is -0.645. The number of ether oxygens (including phenoxy) is 1. The molecule has 0 radical (unpaired) electrons. The number of nitrogens with one attached hydrogen (secondary N) is 1. The zero-order valence-corrected chi connectivity index (χ0v) is 17.5. The fourth-order valence-corrected chi connectivity index (χ4v) is 2.65. The van der Waals surface area contributed by atoms with Gasteiger partial charge in [0.15, 0.2) is 28.9 Å². The third-order valence-corrected chi connectivity index (χ3v) is 4.10. The summed E-state index contributed by atoms with van der Waals surface area (Å²) in [5.74, 6) is -3.81. The summed E-state index contributed by atoms with van der Waals surface area (Å²) in [6.45, 7) is 1.12. The van der Waals surface area contributed by atoms with Crippen molar-refractivity contribution in [3.05, 3.63) is 83.4 Å². The highest BCUT2D eigenvalue weighted by atomic mass is 27.0. The molecule has 0 aliphatic heterocycles. The molecule has 0 amide bonds. The number of carboxylic acid groups (broad SMARTS) is 2. The van der Waals surface area contributed by atoms with Crippen LogP contribution in [0.4, 0.5) is 24.5 Å². The number of hydrogen-bond acceptors (Lipinski definition) is 6. The third-order valence-electron chi connectivity index (χ3n) is 4.10. The third kappa shape index (κ3) is 8.37. The van der Waals surface area contributed by atoms with E-state index in [4.69, 9.17) is 10.2 Å². The van der Waals surface area contributed by atoms with E-state index in [2.05, 4.69) is 10.1 Å². The lowest BCUT2D eigenvalue weighted by atomic mass is 10.1. The molecular formula is C23H21AlF3NO7. The van der Waals surface area contributed by atoms with E-state index in [1.165, 1.54) is 42.5 Å². The molecule has 0 aliphatic rings. The van der Waals surface area contributed by atoms with Gasteiger partial charge in [-0.05, 0) is 42.5 Å². The highest BCUT2D eigenvalue weighted by molar-refractivity contribution is 5.95. The van der Waals surface area contributed by atoms with E-state index in [9.17, 15) is 32.7 Å². The van der Waals surface area contributed by atoms with Crippen molar-refractivity contribution in [1.29, 1.82) is 0 Å². The monoisotopic (exact) mass is 507 g/mol. The Bertz CT molecular complexity index is 1220. The van der Waals surface area contributed by atoms with Gasteiger partial charge in [0.25, 0.3) is 0 Å². The number of anilines is 2. The zero-order chi connectivity index (χ0) is 25.5. The Kier molecular flexibility index (Phi) is 10.3. The number of phenols is 1. The van der Waals surface area contributed by atoms with Crippen molar-refractivity contribution in [3.63, 3.8) is 0 Å². The van der Waals surface area contributed by atoms with Gasteiger partial charge in [0.05, 0.1) is 16.8 Å². The lowest BCUT2D eigenvalue weighted by molar-refractivity contribution is -0.137. The normalized spacial score (nSPS) is 10.2. The van der Waals surface area contributed by atoms with Crippen LogP contribution in [-0.4, -0.2) is 50.6 Å². The topological polar surface area (TPSA) is 133 Å². The number of rotatable bonds is 5. The molecule has 3 rings (SSSR count). The Balaban J connectivity index is 0.000000362. The first kappa shape index (κ1) is 29.0. The van der Waals surface area contributed by atoms with Crippen molar-refractivity contribution < 1.29 is 47.6 Å². The second kappa shape index (κ2) is 12.5. The first-order valence-electron chi connectivity index (χ1n) is 9.40. The molecule has 8 nitrogen and oxygen atoms in total. The van der Waals surface area contributed by atoms with E-state index in [0.29, 0.717) is 0 Å². The number of carboxylic acids is 2. The molecule has 0 heterocycles. The van der Waals surface area contributed by atoms with Gasteiger partial charge in [-0.2, -0.15) is 13.2 Å². The van der Waals surface area contributed by atoms with Crippen molar-refractivity contribution >= 4 is 46.6 Å². The fourth-order valence-electron chi connectivity index (χ4n) is 2.65. The van der Waals surface area contributed by atoms with Crippen LogP contribution in [-0.2, 0) is 11.0 Å². The van der Waals surface area contributed by atoms with Crippen LogP contribution >= 0.6 is 0 Å². The number of esters is 1. The lowest BCUT2D eigenvalue weighted by Gasteiger charge is -2.12. The standard InChI is InChI=1S/C14H10F3NO2.C9H8O5.Al.3H/c15-14(16,17)9-4-3-5-10(8-9)18-12-7-2-1-6-11(12)13(19)20;1-5(10)14-8-6(9(12)13)3-2-4-7(8)11;;;;/h1-8,18H,(H,19,20);2-4,11H,1H3,(H,12,13);;;;. The minimum atomic E-state index is -4.44. The Hall–Kier alpha value is -4.01. The van der Waals surface area contributed by atoms with Crippen molar-refractivity contribution in [2.24, 2.45) is 0 Å². The second-order valence-corrected chi connectivity index (χ2v) is 6.61. The minimum absolute atomic E-state index is 0. The summed E-state index contributed by atoms with van der Waals surface area (Å²) < 4.78 is 42.3. The summed E-state index contributed by atoms with van der Waals surface area (Å²) in [5, 5.41) is 29.6. The maximum atomic E-state index is 12.6. The fraction of sp³-hybridized carbons (Fsp3) is 0.0870. The molecule has 4 N–H and O–H groups in total. The number of benzene rings is 3. The largest absolute Gasteiger partial charge is 0.504 e. The first-order valence-corrected chi connectivity index (χ1v) is 9.40. The molecule has 0 unspecified atom stereocenters. The number of aromatic carboxylic acids is 2. The van der Waals surface area contributed by atoms with Crippen LogP contribution in [0.15, 0.2) is 66.7 Å². The molecule has 12 heteroatoms. The molecule has 0 bridgehead atoms. The maximum Gasteiger partial charge on any atom is 0.416 e. The summed E-state index contributed by atoms with van der Waals surface area (Å²) in [7, 11) is 0. The number of alkyl halides is 3. The summed E-state index contributed by atoms with van der Waals surface area (Å²) >= 11 is 0. The van der Waals surface area contributed by atoms with Crippen LogP contribution in [0, 0.1) is 0 Å². The van der Waals surface area contributed by atoms with Crippen LogP contribution in [0.5, 0.6) is 11.5 Å². The Morgan fingerprint density at radius 2 is 1.43 bits per heavy atom. The van der Waals surface area contributed by atoms with Gasteiger partial charge < -0.3 is 25.4 Å². The van der Waals surface area contributed by atoms with Gasteiger partial charge in [-0.25, -0.2) is 9.59 Å². The van der Waals surface area contributed by atoms with E-state index in [1.807, 2.05) is 0 Å². The molecule has 3 aromatic carbocycles. The summed E-state index contributed by atoms with van der Waals surface area (Å²) in [4.78, 5) is 32.3. The Morgan fingerprint density at radius 1 is 0.857 bits per heavy atom.